The van der Waals surface area contributed by atoms with Gasteiger partial charge >= 0.3 is 5.97 Å². The van der Waals surface area contributed by atoms with Crippen LogP contribution >= 0.6 is 0 Å². The summed E-state index contributed by atoms with van der Waals surface area (Å²) in [4.78, 5) is 39.2. The summed E-state index contributed by atoms with van der Waals surface area (Å²) in [6.45, 7) is 0. The van der Waals surface area contributed by atoms with Gasteiger partial charge in [0.25, 0.3) is 0 Å². The van der Waals surface area contributed by atoms with Crippen molar-refractivity contribution in [2.75, 3.05) is 19.1 Å². The van der Waals surface area contributed by atoms with Gasteiger partial charge in [0.15, 0.2) is 17.3 Å². The molecule has 7 nitrogen and oxygen atoms in total. The molecule has 1 aliphatic heterocycles. The molecule has 2 aliphatic rings. The average molecular weight is 421 g/mol. The van der Waals surface area contributed by atoms with Crippen LogP contribution in [0, 0.1) is 0 Å². The van der Waals surface area contributed by atoms with Crippen molar-refractivity contribution in [2.24, 2.45) is 0 Å². The largest absolute Gasteiger partial charge is 0.493 e. The third-order valence-electron chi connectivity index (χ3n) is 5.84. The van der Waals surface area contributed by atoms with Gasteiger partial charge in [-0.1, -0.05) is 12.1 Å². The van der Waals surface area contributed by atoms with Crippen molar-refractivity contribution < 1.29 is 29.0 Å². The van der Waals surface area contributed by atoms with Crippen molar-refractivity contribution in [3.8, 4) is 11.5 Å². The number of nitrogens with zero attached hydrogens (tertiary/aromatic N) is 1. The minimum Gasteiger partial charge on any atom is -0.493 e. The Labute approximate surface area is 179 Å². The molecular weight excluding hydrogens is 398 g/mol. The van der Waals surface area contributed by atoms with Crippen LogP contribution in [-0.2, 0) is 9.59 Å². The van der Waals surface area contributed by atoms with E-state index < -0.39 is 5.97 Å². The molecule has 1 unspecified atom stereocenters. The Morgan fingerprint density at radius 3 is 2.52 bits per heavy atom. The number of amides is 1. The molecule has 0 radical (unpaired) electrons. The molecule has 2 aromatic carbocycles. The molecule has 1 amide bonds. The van der Waals surface area contributed by atoms with E-state index in [9.17, 15) is 19.5 Å². The fourth-order valence-corrected chi connectivity index (χ4v) is 4.42. The van der Waals surface area contributed by atoms with E-state index in [4.69, 9.17) is 9.47 Å². The van der Waals surface area contributed by atoms with Gasteiger partial charge < -0.3 is 14.6 Å². The van der Waals surface area contributed by atoms with Crippen LogP contribution in [0.15, 0.2) is 53.7 Å². The maximum Gasteiger partial charge on any atom is 0.335 e. The molecular formula is C24H23NO6. The first-order valence-corrected chi connectivity index (χ1v) is 10.1. The van der Waals surface area contributed by atoms with E-state index in [1.165, 1.54) is 17.0 Å². The lowest BCUT2D eigenvalue weighted by atomic mass is 9.77. The molecule has 4 rings (SSSR count). The topological polar surface area (TPSA) is 93.1 Å². The van der Waals surface area contributed by atoms with Crippen molar-refractivity contribution in [1.29, 1.82) is 0 Å². The molecule has 1 N–H and O–H groups in total. The fourth-order valence-electron chi connectivity index (χ4n) is 4.42. The van der Waals surface area contributed by atoms with Crippen LogP contribution in [0.2, 0.25) is 0 Å². The normalized spacial score (nSPS) is 18.6. The van der Waals surface area contributed by atoms with E-state index >= 15 is 0 Å². The number of hydrogen-bond acceptors (Lipinski definition) is 5. The van der Waals surface area contributed by atoms with E-state index in [0.29, 0.717) is 47.7 Å². The van der Waals surface area contributed by atoms with Gasteiger partial charge in [-0.25, -0.2) is 4.79 Å². The number of carboxylic acids is 1. The number of methoxy groups -OCH3 is 2. The molecule has 31 heavy (non-hydrogen) atoms. The number of hydrogen-bond donors (Lipinski definition) is 1. The highest BCUT2D eigenvalue weighted by Crippen LogP contribution is 2.44. The minimum atomic E-state index is -1.07. The average Bonchev–Trinajstić information content (AvgIpc) is 2.78. The van der Waals surface area contributed by atoms with Crippen molar-refractivity contribution in [1.82, 2.24) is 0 Å². The summed E-state index contributed by atoms with van der Waals surface area (Å²) in [6.07, 6.45) is 1.77. The first-order valence-electron chi connectivity index (χ1n) is 10.1. The zero-order valence-electron chi connectivity index (χ0n) is 17.4. The van der Waals surface area contributed by atoms with Crippen molar-refractivity contribution in [3.05, 3.63) is 64.9 Å². The van der Waals surface area contributed by atoms with Gasteiger partial charge in [-0.3, -0.25) is 14.5 Å². The number of allylic oxidation sites excluding steroid dienone is 2. The predicted octanol–water partition coefficient (Wildman–Crippen LogP) is 3.93. The summed E-state index contributed by atoms with van der Waals surface area (Å²) in [6, 6.07) is 11.7. The molecule has 1 heterocycles. The van der Waals surface area contributed by atoms with E-state index in [-0.39, 0.29) is 29.6 Å². The Hall–Kier alpha value is -3.61. The van der Waals surface area contributed by atoms with Gasteiger partial charge in [-0.15, -0.1) is 0 Å². The van der Waals surface area contributed by atoms with Crippen molar-refractivity contribution >= 4 is 23.3 Å². The lowest BCUT2D eigenvalue weighted by Gasteiger charge is -2.38. The highest BCUT2D eigenvalue weighted by atomic mass is 16.5. The van der Waals surface area contributed by atoms with Crippen LogP contribution in [0.3, 0.4) is 0 Å². The number of ketones is 1. The number of Topliss-reactive ketones (excluding diaryl/α,β-unsaturated/α-hetero) is 1. The molecule has 0 bridgehead atoms. The van der Waals surface area contributed by atoms with Crippen LogP contribution in [0.25, 0.3) is 0 Å². The summed E-state index contributed by atoms with van der Waals surface area (Å²) in [7, 11) is 3.09. The Morgan fingerprint density at radius 2 is 1.81 bits per heavy atom. The second-order valence-electron chi connectivity index (χ2n) is 7.59. The highest BCUT2D eigenvalue weighted by molar-refractivity contribution is 6.07. The third kappa shape index (κ3) is 3.67. The monoisotopic (exact) mass is 421 g/mol. The number of rotatable bonds is 5. The number of anilines is 1. The van der Waals surface area contributed by atoms with Crippen LogP contribution in [0.1, 0.15) is 47.5 Å². The van der Waals surface area contributed by atoms with E-state index in [1.807, 2.05) is 12.1 Å². The smallest absolute Gasteiger partial charge is 0.335 e. The Morgan fingerprint density at radius 1 is 1.03 bits per heavy atom. The summed E-state index contributed by atoms with van der Waals surface area (Å²) in [5, 5.41) is 9.34. The second-order valence-corrected chi connectivity index (χ2v) is 7.59. The minimum absolute atomic E-state index is 0.0212. The number of ether oxygens (including phenoxy) is 2. The Kier molecular flexibility index (Phi) is 5.50. The van der Waals surface area contributed by atoms with Gasteiger partial charge in [0, 0.05) is 35.7 Å². The van der Waals surface area contributed by atoms with E-state index in [2.05, 4.69) is 0 Å². The molecule has 0 spiro atoms. The SMILES string of the molecule is COc1ccc(C2CC(=O)N(c3cccc(C(=O)O)c3)C3=C2C(=O)CCC3)cc1OC. The van der Waals surface area contributed by atoms with Gasteiger partial charge in [0.2, 0.25) is 5.91 Å². The molecule has 2 aromatic rings. The Balaban J connectivity index is 1.84. The van der Waals surface area contributed by atoms with E-state index in [1.54, 1.807) is 32.4 Å². The molecule has 0 saturated heterocycles. The molecule has 7 heteroatoms. The van der Waals surface area contributed by atoms with Crippen LogP contribution in [0.5, 0.6) is 11.5 Å². The quantitative estimate of drug-likeness (QED) is 0.786. The number of aromatic carboxylic acids is 1. The zero-order valence-corrected chi connectivity index (χ0v) is 17.4. The lowest BCUT2D eigenvalue weighted by molar-refractivity contribution is -0.119. The van der Waals surface area contributed by atoms with Gasteiger partial charge in [0.1, 0.15) is 0 Å². The van der Waals surface area contributed by atoms with Gasteiger partial charge in [0.05, 0.1) is 19.8 Å². The molecule has 160 valence electrons. The standard InChI is InChI=1S/C24H23NO6/c1-30-20-10-9-14(12-21(20)31-2)17-13-22(27)25(18-7-4-8-19(26)23(17)18)16-6-3-5-15(11-16)24(28)29/h3,5-6,9-12,17H,4,7-8,13H2,1-2H3,(H,28,29). The fraction of sp³-hybridized carbons (Fsp3) is 0.292. The second kappa shape index (κ2) is 8.26. The maximum atomic E-state index is 13.3. The van der Waals surface area contributed by atoms with Crippen LogP contribution in [-0.4, -0.2) is 37.0 Å². The van der Waals surface area contributed by atoms with Gasteiger partial charge in [-0.05, 0) is 48.7 Å². The third-order valence-corrected chi connectivity index (χ3v) is 5.84. The number of benzene rings is 2. The van der Waals surface area contributed by atoms with Crippen molar-refractivity contribution in [3.63, 3.8) is 0 Å². The molecule has 1 atom stereocenters. The predicted molar refractivity (Wildman–Crippen MR) is 114 cm³/mol. The number of carbonyl (C=O) groups excluding carboxylic acids is 2. The Bertz CT molecular complexity index is 1100. The zero-order chi connectivity index (χ0) is 22.1. The molecule has 1 aliphatic carbocycles. The first kappa shape index (κ1) is 20.7. The van der Waals surface area contributed by atoms with Crippen LogP contribution in [0.4, 0.5) is 5.69 Å². The molecule has 0 aromatic heterocycles. The summed E-state index contributed by atoms with van der Waals surface area (Å²) in [5.74, 6) is -0.486. The number of carbonyl (C=O) groups is 3. The lowest BCUT2D eigenvalue weighted by Crippen LogP contribution is -2.40. The molecule has 0 saturated carbocycles. The summed E-state index contributed by atoms with van der Waals surface area (Å²) >= 11 is 0. The number of carboxylic acid groups (broad SMARTS) is 1. The summed E-state index contributed by atoms with van der Waals surface area (Å²) in [5.41, 5.74) is 2.66. The molecule has 0 fully saturated rings. The van der Waals surface area contributed by atoms with Gasteiger partial charge in [-0.2, -0.15) is 0 Å². The van der Waals surface area contributed by atoms with Crippen molar-refractivity contribution in [2.45, 2.75) is 31.6 Å². The van der Waals surface area contributed by atoms with E-state index in [0.717, 1.165) is 5.56 Å². The highest BCUT2D eigenvalue weighted by Gasteiger charge is 2.40. The van der Waals surface area contributed by atoms with Crippen LogP contribution < -0.4 is 14.4 Å². The first-order chi connectivity index (χ1) is 14.9. The maximum absolute atomic E-state index is 13.3. The summed E-state index contributed by atoms with van der Waals surface area (Å²) < 4.78 is 10.7.